The molecule has 0 saturated carbocycles. The van der Waals surface area contributed by atoms with E-state index in [0.29, 0.717) is 31.3 Å². The minimum absolute atomic E-state index is 0. The van der Waals surface area contributed by atoms with Gasteiger partial charge in [0.1, 0.15) is 0 Å². The number of halogens is 1. The van der Waals surface area contributed by atoms with Crippen LogP contribution in [0.25, 0.3) is 0 Å². The van der Waals surface area contributed by atoms with Crippen LogP contribution in [-0.4, -0.2) is 61.4 Å². The van der Waals surface area contributed by atoms with Gasteiger partial charge in [0.2, 0.25) is 11.8 Å². The zero-order valence-corrected chi connectivity index (χ0v) is 15.2. The van der Waals surface area contributed by atoms with E-state index >= 15 is 0 Å². The summed E-state index contributed by atoms with van der Waals surface area (Å²) in [7, 11) is 1.73. The number of carbonyl (C=O) groups excluding carboxylic acids is 2. The Labute approximate surface area is 141 Å². The van der Waals surface area contributed by atoms with Gasteiger partial charge in [-0.3, -0.25) is 9.59 Å². The number of piperidine rings is 1. The highest BCUT2D eigenvalue weighted by Crippen LogP contribution is 2.23. The molecule has 0 aromatic rings. The van der Waals surface area contributed by atoms with Crippen molar-refractivity contribution >= 4 is 24.2 Å². The molecule has 1 N–H and O–H groups in total. The average Bonchev–Trinajstić information content (AvgIpc) is 2.49. The molecule has 0 aromatic heterocycles. The molecule has 6 heteroatoms. The summed E-state index contributed by atoms with van der Waals surface area (Å²) in [6, 6.07) is 0. The van der Waals surface area contributed by atoms with E-state index in [9.17, 15) is 9.59 Å². The van der Waals surface area contributed by atoms with Gasteiger partial charge in [-0.25, -0.2) is 0 Å². The molecule has 0 spiro atoms. The van der Waals surface area contributed by atoms with Crippen LogP contribution >= 0.6 is 12.4 Å². The molecule has 1 rings (SSSR count). The highest BCUT2D eigenvalue weighted by molar-refractivity contribution is 5.85. The third-order valence-corrected chi connectivity index (χ3v) is 4.55. The van der Waals surface area contributed by atoms with Crippen molar-refractivity contribution in [2.45, 2.75) is 40.0 Å². The number of hydrogen-bond acceptors (Lipinski definition) is 3. The Morgan fingerprint density at radius 3 is 2.36 bits per heavy atom. The van der Waals surface area contributed by atoms with Gasteiger partial charge in [-0.15, -0.1) is 12.4 Å². The third kappa shape index (κ3) is 6.53. The van der Waals surface area contributed by atoms with E-state index in [1.807, 2.05) is 13.8 Å². The van der Waals surface area contributed by atoms with Crippen LogP contribution in [-0.2, 0) is 9.59 Å². The van der Waals surface area contributed by atoms with E-state index in [-0.39, 0.29) is 30.8 Å². The number of nitrogens with zero attached hydrogens (tertiary/aromatic N) is 2. The Morgan fingerprint density at radius 2 is 1.86 bits per heavy atom. The van der Waals surface area contributed by atoms with Crippen LogP contribution in [0, 0.1) is 11.8 Å². The fourth-order valence-corrected chi connectivity index (χ4v) is 2.93. The maximum absolute atomic E-state index is 12.3. The SMILES string of the molecule is CCN(CC)C(=O)CN(C)C(=O)CC(C)C1CCCNC1.Cl. The van der Waals surface area contributed by atoms with Gasteiger partial charge in [0.15, 0.2) is 0 Å². The standard InChI is InChI=1S/C16H31N3O2.ClH/c1-5-19(6-2)16(21)12-18(4)15(20)10-13(3)14-8-7-9-17-11-14;/h13-14,17H,5-12H2,1-4H3;1H. The lowest BCUT2D eigenvalue weighted by molar-refractivity contribution is -0.139. The molecule has 5 nitrogen and oxygen atoms in total. The van der Waals surface area contributed by atoms with E-state index in [0.717, 1.165) is 13.1 Å². The van der Waals surface area contributed by atoms with Crippen LogP contribution in [0.3, 0.4) is 0 Å². The lowest BCUT2D eigenvalue weighted by Crippen LogP contribution is -2.42. The van der Waals surface area contributed by atoms with Crippen molar-refractivity contribution in [3.05, 3.63) is 0 Å². The molecule has 1 aliphatic heterocycles. The molecule has 1 heterocycles. The molecule has 130 valence electrons. The molecular formula is C16H32ClN3O2. The maximum atomic E-state index is 12.3. The zero-order valence-electron chi connectivity index (χ0n) is 14.4. The van der Waals surface area contributed by atoms with Gasteiger partial charge in [0, 0.05) is 26.6 Å². The van der Waals surface area contributed by atoms with Gasteiger partial charge in [-0.05, 0) is 51.6 Å². The Kier molecular flexibility index (Phi) is 10.4. The average molecular weight is 334 g/mol. The second-order valence-corrected chi connectivity index (χ2v) is 6.10. The van der Waals surface area contributed by atoms with Gasteiger partial charge in [-0.2, -0.15) is 0 Å². The van der Waals surface area contributed by atoms with Crippen molar-refractivity contribution in [3.8, 4) is 0 Å². The first-order valence-corrected chi connectivity index (χ1v) is 8.22. The summed E-state index contributed by atoms with van der Waals surface area (Å²) in [5.41, 5.74) is 0. The van der Waals surface area contributed by atoms with E-state index in [1.54, 1.807) is 16.8 Å². The molecule has 22 heavy (non-hydrogen) atoms. The Bertz CT molecular complexity index is 342. The lowest BCUT2D eigenvalue weighted by atomic mass is 9.85. The van der Waals surface area contributed by atoms with Gasteiger partial charge in [0.05, 0.1) is 6.54 Å². The predicted octanol–water partition coefficient (Wildman–Crippen LogP) is 1.76. The Balaban J connectivity index is 0.00000441. The Morgan fingerprint density at radius 1 is 1.23 bits per heavy atom. The van der Waals surface area contributed by atoms with Crippen LogP contribution in [0.1, 0.15) is 40.0 Å². The molecule has 2 atom stereocenters. The molecule has 1 saturated heterocycles. The number of hydrogen-bond donors (Lipinski definition) is 1. The zero-order chi connectivity index (χ0) is 15.8. The first-order chi connectivity index (χ1) is 9.99. The number of amides is 2. The van der Waals surface area contributed by atoms with E-state index in [1.165, 1.54) is 12.8 Å². The highest BCUT2D eigenvalue weighted by Gasteiger charge is 2.24. The summed E-state index contributed by atoms with van der Waals surface area (Å²) in [6.45, 7) is 9.75. The monoisotopic (exact) mass is 333 g/mol. The van der Waals surface area contributed by atoms with Crippen molar-refractivity contribution in [2.24, 2.45) is 11.8 Å². The Hall–Kier alpha value is -0.810. The van der Waals surface area contributed by atoms with Crippen molar-refractivity contribution in [1.82, 2.24) is 15.1 Å². The molecule has 0 radical (unpaired) electrons. The third-order valence-electron chi connectivity index (χ3n) is 4.55. The lowest BCUT2D eigenvalue weighted by Gasteiger charge is -2.29. The first-order valence-electron chi connectivity index (χ1n) is 8.22. The van der Waals surface area contributed by atoms with Gasteiger partial charge in [0.25, 0.3) is 0 Å². The predicted molar refractivity (Wildman–Crippen MR) is 92.2 cm³/mol. The van der Waals surface area contributed by atoms with Crippen molar-refractivity contribution in [2.75, 3.05) is 39.8 Å². The first kappa shape index (κ1) is 21.2. The summed E-state index contributed by atoms with van der Waals surface area (Å²) in [4.78, 5) is 27.6. The van der Waals surface area contributed by atoms with Gasteiger partial charge < -0.3 is 15.1 Å². The number of carbonyl (C=O) groups is 2. The van der Waals surface area contributed by atoms with E-state index < -0.39 is 0 Å². The van der Waals surface area contributed by atoms with Crippen molar-refractivity contribution < 1.29 is 9.59 Å². The molecule has 1 fully saturated rings. The van der Waals surface area contributed by atoms with Gasteiger partial charge in [-0.1, -0.05) is 6.92 Å². The number of rotatable bonds is 7. The minimum Gasteiger partial charge on any atom is -0.342 e. The fourth-order valence-electron chi connectivity index (χ4n) is 2.93. The summed E-state index contributed by atoms with van der Waals surface area (Å²) in [6.07, 6.45) is 2.93. The molecule has 2 unspecified atom stereocenters. The van der Waals surface area contributed by atoms with E-state index in [4.69, 9.17) is 0 Å². The molecule has 0 bridgehead atoms. The van der Waals surface area contributed by atoms with Crippen LogP contribution < -0.4 is 5.32 Å². The summed E-state index contributed by atoms with van der Waals surface area (Å²) < 4.78 is 0. The smallest absolute Gasteiger partial charge is 0.242 e. The fraction of sp³-hybridized carbons (Fsp3) is 0.875. The quantitative estimate of drug-likeness (QED) is 0.772. The largest absolute Gasteiger partial charge is 0.342 e. The molecule has 1 aliphatic rings. The van der Waals surface area contributed by atoms with Crippen LogP contribution in [0.2, 0.25) is 0 Å². The summed E-state index contributed by atoms with van der Waals surface area (Å²) >= 11 is 0. The number of nitrogens with one attached hydrogen (secondary N) is 1. The highest BCUT2D eigenvalue weighted by atomic mass is 35.5. The van der Waals surface area contributed by atoms with Crippen molar-refractivity contribution in [1.29, 1.82) is 0 Å². The van der Waals surface area contributed by atoms with E-state index in [2.05, 4.69) is 12.2 Å². The normalized spacial score (nSPS) is 19.0. The maximum Gasteiger partial charge on any atom is 0.242 e. The summed E-state index contributed by atoms with van der Waals surface area (Å²) in [5, 5.41) is 3.39. The second-order valence-electron chi connectivity index (χ2n) is 6.10. The van der Waals surface area contributed by atoms with Gasteiger partial charge >= 0.3 is 0 Å². The summed E-state index contributed by atoms with van der Waals surface area (Å²) in [5.74, 6) is 1.06. The molecule has 0 aromatic carbocycles. The molecule has 0 aliphatic carbocycles. The minimum atomic E-state index is 0. The van der Waals surface area contributed by atoms with Crippen molar-refractivity contribution in [3.63, 3.8) is 0 Å². The second kappa shape index (κ2) is 10.8. The molecule has 2 amide bonds. The number of likely N-dealkylation sites (N-methyl/N-ethyl adjacent to an activating group) is 2. The van der Waals surface area contributed by atoms with Crippen LogP contribution in [0.15, 0.2) is 0 Å². The topological polar surface area (TPSA) is 52.7 Å². The van der Waals surface area contributed by atoms with Crippen LogP contribution in [0.4, 0.5) is 0 Å². The van der Waals surface area contributed by atoms with Crippen LogP contribution in [0.5, 0.6) is 0 Å². The molecular weight excluding hydrogens is 302 g/mol.